The first kappa shape index (κ1) is 27.3. The number of ether oxygens (including phenoxy) is 4. The number of phenols is 2. The van der Waals surface area contributed by atoms with Crippen molar-refractivity contribution in [3.8, 4) is 28.6 Å². The molecule has 7 N–H and O–H groups in total. The summed E-state index contributed by atoms with van der Waals surface area (Å²) in [5, 5.41) is 70.9. The molecule has 2 aliphatic heterocycles. The van der Waals surface area contributed by atoms with Gasteiger partial charge in [-0.3, -0.25) is 4.79 Å². The van der Waals surface area contributed by atoms with Gasteiger partial charge in [0.1, 0.15) is 70.6 Å². The van der Waals surface area contributed by atoms with Crippen molar-refractivity contribution >= 4 is 11.0 Å². The van der Waals surface area contributed by atoms with Crippen LogP contribution in [-0.2, 0) is 14.2 Å². The Morgan fingerprint density at radius 2 is 1.56 bits per heavy atom. The van der Waals surface area contributed by atoms with E-state index in [9.17, 15) is 40.5 Å². The van der Waals surface area contributed by atoms with E-state index in [1.807, 2.05) is 0 Å². The average Bonchev–Trinajstić information content (AvgIpc) is 2.89. The molecule has 0 aliphatic carbocycles. The molecule has 13 heteroatoms. The van der Waals surface area contributed by atoms with E-state index in [-0.39, 0.29) is 34.8 Å². The average molecular weight is 548 g/mol. The predicted octanol–water partition coefficient (Wildman–Crippen LogP) is -0.459. The van der Waals surface area contributed by atoms with E-state index in [0.717, 1.165) is 6.07 Å². The van der Waals surface area contributed by atoms with E-state index in [2.05, 4.69) is 0 Å². The second-order valence-corrected chi connectivity index (χ2v) is 9.50. The topological polar surface area (TPSA) is 209 Å². The summed E-state index contributed by atoms with van der Waals surface area (Å²) in [7, 11) is 0. The summed E-state index contributed by atoms with van der Waals surface area (Å²) < 4.78 is 28.0. The number of phenolic OH excluding ortho intramolecular Hbond substituents is 2. The molecule has 2 aliphatic rings. The van der Waals surface area contributed by atoms with Crippen LogP contribution in [0.5, 0.6) is 17.2 Å². The maximum absolute atomic E-state index is 12.7. The van der Waals surface area contributed by atoms with Crippen LogP contribution < -0.4 is 10.2 Å². The fourth-order valence-electron chi connectivity index (χ4n) is 4.56. The van der Waals surface area contributed by atoms with Gasteiger partial charge in [-0.05, 0) is 31.2 Å². The van der Waals surface area contributed by atoms with Crippen LogP contribution in [0, 0.1) is 0 Å². The van der Waals surface area contributed by atoms with E-state index < -0.39 is 66.5 Å². The molecule has 0 unspecified atom stereocenters. The Kier molecular flexibility index (Phi) is 7.50. The molecule has 210 valence electrons. The first-order valence-corrected chi connectivity index (χ1v) is 12.1. The van der Waals surface area contributed by atoms with Crippen molar-refractivity contribution in [3.05, 3.63) is 52.7 Å². The fourth-order valence-corrected chi connectivity index (χ4v) is 4.56. The molecule has 0 bridgehead atoms. The Balaban J connectivity index is 1.35. The highest BCUT2D eigenvalue weighted by molar-refractivity contribution is 5.86. The van der Waals surface area contributed by atoms with E-state index >= 15 is 0 Å². The maximum atomic E-state index is 12.7. The summed E-state index contributed by atoms with van der Waals surface area (Å²) in [5.41, 5.74) is -0.0447. The number of hydrogen-bond donors (Lipinski definition) is 7. The van der Waals surface area contributed by atoms with Crippen molar-refractivity contribution in [1.82, 2.24) is 0 Å². The Bertz CT molecular complexity index is 1370. The van der Waals surface area contributed by atoms with E-state index in [0.29, 0.717) is 5.56 Å². The SMILES string of the molecule is C[C@H]1O[C@@H](Oc2cc(O)c3c(=O)cc(-c4ccc(O)cc4)oc3c2)[C@H](O)[C@@H](O)[C@@H]1O[C@@H]1OC[C@@H](O)[C@H](O)[C@H]1O. The number of hydrogen-bond acceptors (Lipinski definition) is 13. The van der Waals surface area contributed by atoms with Gasteiger partial charge in [-0.25, -0.2) is 0 Å². The van der Waals surface area contributed by atoms with Crippen LogP contribution in [0.15, 0.2) is 51.7 Å². The van der Waals surface area contributed by atoms with Crippen LogP contribution in [-0.4, -0.2) is 97.7 Å². The first-order chi connectivity index (χ1) is 18.5. The number of aliphatic hydroxyl groups excluding tert-OH is 5. The van der Waals surface area contributed by atoms with Gasteiger partial charge in [0.05, 0.1) is 12.7 Å². The van der Waals surface area contributed by atoms with Gasteiger partial charge in [0.25, 0.3) is 0 Å². The number of aliphatic hydroxyl groups is 5. The van der Waals surface area contributed by atoms with Crippen molar-refractivity contribution in [2.45, 2.75) is 62.2 Å². The highest BCUT2D eigenvalue weighted by Crippen LogP contribution is 2.34. The lowest BCUT2D eigenvalue weighted by Gasteiger charge is -2.44. The van der Waals surface area contributed by atoms with Gasteiger partial charge in [0, 0.05) is 23.8 Å². The molecule has 3 heterocycles. The van der Waals surface area contributed by atoms with Gasteiger partial charge in [0.15, 0.2) is 11.7 Å². The normalized spacial score (nSPS) is 33.2. The third-order valence-electron chi connectivity index (χ3n) is 6.71. The smallest absolute Gasteiger partial charge is 0.229 e. The van der Waals surface area contributed by atoms with Crippen molar-refractivity contribution in [2.75, 3.05) is 6.61 Å². The summed E-state index contributed by atoms with van der Waals surface area (Å²) in [5.74, 6) is -0.286. The highest BCUT2D eigenvalue weighted by Gasteiger charge is 2.48. The lowest BCUT2D eigenvalue weighted by Crippen LogP contribution is -2.62. The van der Waals surface area contributed by atoms with Gasteiger partial charge in [0.2, 0.25) is 6.29 Å². The Morgan fingerprint density at radius 3 is 2.28 bits per heavy atom. The molecule has 3 aromatic rings. The number of benzene rings is 2. The minimum Gasteiger partial charge on any atom is -0.508 e. The molecule has 1 aromatic heterocycles. The monoisotopic (exact) mass is 548 g/mol. The molecule has 2 fully saturated rings. The molecule has 0 radical (unpaired) electrons. The number of rotatable bonds is 5. The van der Waals surface area contributed by atoms with Gasteiger partial charge < -0.3 is 59.1 Å². The second kappa shape index (κ2) is 10.7. The summed E-state index contributed by atoms with van der Waals surface area (Å²) >= 11 is 0. The van der Waals surface area contributed by atoms with Crippen LogP contribution in [0.4, 0.5) is 0 Å². The molecule has 13 nitrogen and oxygen atoms in total. The van der Waals surface area contributed by atoms with Gasteiger partial charge in [-0.15, -0.1) is 0 Å². The van der Waals surface area contributed by atoms with Crippen LogP contribution in [0.1, 0.15) is 6.92 Å². The zero-order valence-electron chi connectivity index (χ0n) is 20.5. The molecule has 39 heavy (non-hydrogen) atoms. The van der Waals surface area contributed by atoms with Crippen molar-refractivity contribution in [3.63, 3.8) is 0 Å². The molecule has 2 saturated heterocycles. The number of aromatic hydroxyl groups is 2. The molecule has 0 amide bonds. The van der Waals surface area contributed by atoms with Gasteiger partial charge in [-0.2, -0.15) is 0 Å². The highest BCUT2D eigenvalue weighted by atomic mass is 16.7. The Hall–Kier alpha value is -3.27. The summed E-state index contributed by atoms with van der Waals surface area (Å²) in [6.45, 7) is 1.20. The quantitative estimate of drug-likeness (QED) is 0.216. The summed E-state index contributed by atoms with van der Waals surface area (Å²) in [6.07, 6.45) is -12.7. The first-order valence-electron chi connectivity index (χ1n) is 12.1. The van der Waals surface area contributed by atoms with Crippen molar-refractivity contribution < 1.29 is 59.1 Å². The number of fused-ring (bicyclic) bond motifs is 1. The van der Waals surface area contributed by atoms with Gasteiger partial charge in [-0.1, -0.05) is 0 Å². The minimum atomic E-state index is -1.67. The summed E-state index contributed by atoms with van der Waals surface area (Å²) in [4.78, 5) is 12.7. The minimum absolute atomic E-state index is 0.0233. The van der Waals surface area contributed by atoms with Crippen molar-refractivity contribution in [2.24, 2.45) is 0 Å². The Morgan fingerprint density at radius 1 is 0.872 bits per heavy atom. The molecular weight excluding hydrogens is 520 g/mol. The molecule has 2 aromatic carbocycles. The second-order valence-electron chi connectivity index (χ2n) is 9.50. The van der Waals surface area contributed by atoms with Crippen LogP contribution in [0.2, 0.25) is 0 Å². The van der Waals surface area contributed by atoms with Crippen LogP contribution in [0.25, 0.3) is 22.3 Å². The van der Waals surface area contributed by atoms with Crippen molar-refractivity contribution in [1.29, 1.82) is 0 Å². The standard InChI is InChI=1S/C26H28O13/c1-10-24(39-25-22(33)20(31)16(30)9-35-25)21(32)23(34)26(36-10)37-13-6-14(28)19-15(29)8-17(38-18(19)7-13)11-2-4-12(27)5-3-11/h2-8,10,16,20-28,30-34H,9H2,1H3/t10-,16-,20+,21-,22-,23-,24-,25+,26+/m1/s1. The van der Waals surface area contributed by atoms with E-state index in [4.69, 9.17) is 23.4 Å². The zero-order valence-corrected chi connectivity index (χ0v) is 20.5. The van der Waals surface area contributed by atoms with Crippen LogP contribution >= 0.6 is 0 Å². The lowest BCUT2D eigenvalue weighted by molar-refractivity contribution is -0.334. The molecule has 9 atom stereocenters. The summed E-state index contributed by atoms with van der Waals surface area (Å²) in [6, 6.07) is 9.60. The van der Waals surface area contributed by atoms with E-state index in [1.165, 1.54) is 31.2 Å². The molecule has 5 rings (SSSR count). The third-order valence-corrected chi connectivity index (χ3v) is 6.71. The van der Waals surface area contributed by atoms with Gasteiger partial charge >= 0.3 is 0 Å². The maximum Gasteiger partial charge on any atom is 0.229 e. The molecular formula is C26H28O13. The molecule has 0 saturated carbocycles. The van der Waals surface area contributed by atoms with Crippen LogP contribution in [0.3, 0.4) is 0 Å². The Labute approximate surface area is 220 Å². The fraction of sp³-hybridized carbons (Fsp3) is 0.423. The lowest BCUT2D eigenvalue weighted by atomic mass is 9.99. The largest absolute Gasteiger partial charge is 0.508 e. The third kappa shape index (κ3) is 5.31. The predicted molar refractivity (Wildman–Crippen MR) is 131 cm³/mol. The zero-order chi connectivity index (χ0) is 28.0. The molecule has 0 spiro atoms. The van der Waals surface area contributed by atoms with E-state index in [1.54, 1.807) is 12.1 Å².